The second kappa shape index (κ2) is 19.4. The van der Waals surface area contributed by atoms with E-state index in [1.165, 1.54) is 128 Å². The molecular formula is C45H78O2. The monoisotopic (exact) mass is 658 g/mol. The summed E-state index contributed by atoms with van der Waals surface area (Å²) in [4.78, 5) is 12.8. The van der Waals surface area contributed by atoms with Crippen LogP contribution in [0.4, 0.5) is 0 Å². The van der Waals surface area contributed by atoms with Gasteiger partial charge in [-0.1, -0.05) is 136 Å². The summed E-state index contributed by atoms with van der Waals surface area (Å²) in [7, 11) is 0. The summed E-state index contributed by atoms with van der Waals surface area (Å²) in [6.07, 6.45) is 39.5. The highest BCUT2D eigenvalue weighted by atomic mass is 16.6. The number of hydrogen-bond donors (Lipinski definition) is 0. The molecule has 0 aromatic heterocycles. The quantitative estimate of drug-likeness (QED) is 0.0531. The zero-order valence-electron chi connectivity index (χ0n) is 32.3. The van der Waals surface area contributed by atoms with Crippen molar-refractivity contribution in [2.45, 2.75) is 208 Å². The second-order valence-corrected chi connectivity index (χ2v) is 18.0. The molecule has 4 aliphatic rings. The Labute approximate surface area is 293 Å². The average molecular weight is 658 g/mol. The molecule has 0 radical (unpaired) electrons. The van der Waals surface area contributed by atoms with E-state index in [0.29, 0.717) is 17.3 Å². The molecule has 0 unspecified atom stereocenters. The second-order valence-electron chi connectivity index (χ2n) is 18.0. The Balaban J connectivity index is 1.12. The van der Waals surface area contributed by atoms with Gasteiger partial charge in [0, 0.05) is 12.8 Å². The number of rotatable bonds is 21. The SMILES string of the molecule is CCCCCCCC/[13CH]=[13CH]/[13CH2][13CH2]CCC[13CH2][13CH2][13C](=O)O[C@H]1CC[C@@]2(C)C(=CC[C@H]3[C@@H]4CC[C@H]([C@H](C)CCCC(C)C)[C@@]4(C)CC[C@@H]32)C1. The maximum absolute atomic E-state index is 12.8. The van der Waals surface area contributed by atoms with Crippen LogP contribution in [0, 0.1) is 46.3 Å². The molecular weight excluding hydrogens is 579 g/mol. The third kappa shape index (κ3) is 10.7. The molecule has 0 saturated heterocycles. The molecule has 2 heteroatoms. The van der Waals surface area contributed by atoms with Crippen molar-refractivity contribution in [2.24, 2.45) is 46.3 Å². The van der Waals surface area contributed by atoms with Crippen LogP contribution < -0.4 is 0 Å². The van der Waals surface area contributed by atoms with Crippen molar-refractivity contribution in [2.75, 3.05) is 0 Å². The highest BCUT2D eigenvalue weighted by Gasteiger charge is 2.59. The average Bonchev–Trinajstić information content (AvgIpc) is 3.40. The summed E-state index contributed by atoms with van der Waals surface area (Å²) < 4.78 is 6.12. The van der Waals surface area contributed by atoms with Crippen molar-refractivity contribution in [3.8, 4) is 0 Å². The van der Waals surface area contributed by atoms with Gasteiger partial charge in [-0.2, -0.15) is 0 Å². The van der Waals surface area contributed by atoms with Crippen molar-refractivity contribution < 1.29 is 9.53 Å². The van der Waals surface area contributed by atoms with Crippen LogP contribution in [0.5, 0.6) is 0 Å². The van der Waals surface area contributed by atoms with Crippen molar-refractivity contribution in [3.05, 3.63) is 23.8 Å². The van der Waals surface area contributed by atoms with Gasteiger partial charge < -0.3 is 4.74 Å². The zero-order valence-corrected chi connectivity index (χ0v) is 32.3. The largest absolute Gasteiger partial charge is 0.462 e. The Morgan fingerprint density at radius 2 is 1.49 bits per heavy atom. The van der Waals surface area contributed by atoms with Crippen LogP contribution in [0.15, 0.2) is 23.8 Å². The van der Waals surface area contributed by atoms with Gasteiger partial charge in [0.2, 0.25) is 0 Å². The van der Waals surface area contributed by atoms with Gasteiger partial charge in [0.05, 0.1) is 0 Å². The number of carbonyl (C=O) groups excluding carboxylic acids is 1. The van der Waals surface area contributed by atoms with Crippen LogP contribution in [0.3, 0.4) is 0 Å². The Morgan fingerprint density at radius 1 is 0.809 bits per heavy atom. The molecule has 4 rings (SSSR count). The molecule has 3 saturated carbocycles. The van der Waals surface area contributed by atoms with Crippen LogP contribution in [0.2, 0.25) is 0 Å². The Hall–Kier alpha value is -1.05. The fraction of sp³-hybridized carbons (Fsp3) is 0.889. The molecule has 8 atom stereocenters. The number of hydrogen-bond acceptors (Lipinski definition) is 2. The lowest BCUT2D eigenvalue weighted by molar-refractivity contribution is -0.151. The van der Waals surface area contributed by atoms with E-state index >= 15 is 0 Å². The van der Waals surface area contributed by atoms with Crippen molar-refractivity contribution >= 4 is 5.97 Å². The van der Waals surface area contributed by atoms with Gasteiger partial charge in [-0.3, -0.25) is 4.79 Å². The fourth-order valence-corrected chi connectivity index (χ4v) is 11.3. The third-order valence-electron chi connectivity index (χ3n) is 14.2. The smallest absolute Gasteiger partial charge is 0.306 e. The van der Waals surface area contributed by atoms with E-state index in [2.05, 4.69) is 59.8 Å². The van der Waals surface area contributed by atoms with Crippen molar-refractivity contribution in [3.63, 3.8) is 0 Å². The summed E-state index contributed by atoms with van der Waals surface area (Å²) in [5, 5.41) is 0. The third-order valence-corrected chi connectivity index (χ3v) is 14.2. The molecule has 0 N–H and O–H groups in total. The van der Waals surface area contributed by atoms with Gasteiger partial charge >= 0.3 is 5.97 Å². The fourth-order valence-electron chi connectivity index (χ4n) is 11.3. The maximum atomic E-state index is 12.8. The van der Waals surface area contributed by atoms with E-state index in [9.17, 15) is 4.79 Å². The van der Waals surface area contributed by atoms with Gasteiger partial charge in [-0.25, -0.2) is 0 Å². The minimum Gasteiger partial charge on any atom is -0.462 e. The van der Waals surface area contributed by atoms with Crippen molar-refractivity contribution in [1.29, 1.82) is 0 Å². The van der Waals surface area contributed by atoms with E-state index < -0.39 is 0 Å². The number of allylic oxidation sites excluding steroid dienone is 3. The van der Waals surface area contributed by atoms with Crippen LogP contribution in [0.1, 0.15) is 202 Å². The van der Waals surface area contributed by atoms with E-state index in [-0.39, 0.29) is 12.1 Å². The number of fused-ring (bicyclic) bond motifs is 5. The standard InChI is InChI=1S/C45H78O2/c1-7-8-9-10-11-12-13-14-15-16-17-18-19-20-21-25-43(46)47-38-30-32-44(5)37(34-38)26-27-39-41-29-28-40(36(4)24-22-23-35(2)3)45(41,6)33-31-42(39)44/h14-15,26,35-36,38-42H,7-13,16-25,27-34H2,1-6H3/b15-14+/t36-,38+,39+,40-,41+,42+,44+,45-/m1/s1/i14+1,15+1,16+1,17+1,21+1,25+1,43+1. The molecule has 2 nitrogen and oxygen atoms in total. The zero-order chi connectivity index (χ0) is 33.7. The number of unbranched alkanes of at least 4 members (excludes halogenated alkanes) is 11. The summed E-state index contributed by atoms with van der Waals surface area (Å²) in [5.74, 6) is 5.31. The Kier molecular flexibility index (Phi) is 16.0. The summed E-state index contributed by atoms with van der Waals surface area (Å²) in [5.41, 5.74) is 2.53. The summed E-state index contributed by atoms with van der Waals surface area (Å²) in [6, 6.07) is 0. The van der Waals surface area contributed by atoms with E-state index in [0.717, 1.165) is 61.2 Å². The molecule has 3 fully saturated rings. The molecule has 0 spiro atoms. The van der Waals surface area contributed by atoms with Crippen LogP contribution in [-0.4, -0.2) is 12.1 Å². The maximum Gasteiger partial charge on any atom is 0.306 e. The Morgan fingerprint density at radius 3 is 2.19 bits per heavy atom. The van der Waals surface area contributed by atoms with E-state index in [1.54, 1.807) is 5.57 Å². The van der Waals surface area contributed by atoms with Gasteiger partial charge in [-0.05, 0) is 123 Å². The highest BCUT2D eigenvalue weighted by Crippen LogP contribution is 2.67. The normalized spacial score (nSPS) is 32.6. The predicted octanol–water partition coefficient (Wildman–Crippen LogP) is 14.0. The molecule has 0 amide bonds. The van der Waals surface area contributed by atoms with Gasteiger partial charge in [0.15, 0.2) is 0 Å². The number of ether oxygens (including phenoxy) is 1. The molecule has 0 aromatic carbocycles. The topological polar surface area (TPSA) is 26.3 Å². The van der Waals surface area contributed by atoms with Crippen LogP contribution in [-0.2, 0) is 9.53 Å². The molecule has 270 valence electrons. The van der Waals surface area contributed by atoms with E-state index in [1.807, 2.05) is 0 Å². The van der Waals surface area contributed by atoms with Gasteiger partial charge in [0.1, 0.15) is 6.10 Å². The van der Waals surface area contributed by atoms with Crippen LogP contribution in [0.25, 0.3) is 0 Å². The first-order valence-electron chi connectivity index (χ1n) is 21.2. The molecule has 0 bridgehead atoms. The van der Waals surface area contributed by atoms with Crippen molar-refractivity contribution in [1.82, 2.24) is 0 Å². The lowest BCUT2D eigenvalue weighted by Crippen LogP contribution is -2.51. The predicted molar refractivity (Wildman–Crippen MR) is 202 cm³/mol. The Bertz CT molecular complexity index is 976. The van der Waals surface area contributed by atoms with Crippen LogP contribution >= 0.6 is 0 Å². The minimum absolute atomic E-state index is 0.0541. The first kappa shape index (κ1) is 38.7. The molecule has 0 aromatic rings. The number of esters is 1. The number of carbonyl (C=O) groups is 1. The first-order chi connectivity index (χ1) is 22.7. The van der Waals surface area contributed by atoms with Gasteiger partial charge in [0.25, 0.3) is 0 Å². The van der Waals surface area contributed by atoms with Gasteiger partial charge in [-0.15, -0.1) is 0 Å². The molecule has 0 heterocycles. The van der Waals surface area contributed by atoms with E-state index in [4.69, 9.17) is 4.74 Å². The first-order valence-corrected chi connectivity index (χ1v) is 21.2. The minimum atomic E-state index is 0.0541. The lowest BCUT2D eigenvalue weighted by atomic mass is 9.47. The molecule has 4 aliphatic carbocycles. The highest BCUT2D eigenvalue weighted by molar-refractivity contribution is 5.69. The molecule has 47 heavy (non-hydrogen) atoms. The summed E-state index contributed by atoms with van der Waals surface area (Å²) in [6.45, 7) is 14.9. The lowest BCUT2D eigenvalue weighted by Gasteiger charge is -2.58. The summed E-state index contributed by atoms with van der Waals surface area (Å²) >= 11 is 0. The molecule has 0 aliphatic heterocycles.